The second-order valence-corrected chi connectivity index (χ2v) is 8.05. The zero-order chi connectivity index (χ0) is 20.2. The summed E-state index contributed by atoms with van der Waals surface area (Å²) in [4.78, 5) is 27.9. The number of carboxylic acid groups (broad SMARTS) is 1. The fourth-order valence-electron chi connectivity index (χ4n) is 3.35. The summed E-state index contributed by atoms with van der Waals surface area (Å²) in [6.45, 7) is 2.18. The lowest BCUT2D eigenvalue weighted by Crippen LogP contribution is -2.24. The summed E-state index contributed by atoms with van der Waals surface area (Å²) >= 11 is 1.54. The lowest BCUT2D eigenvalue weighted by atomic mass is 10.0. The van der Waals surface area contributed by atoms with Crippen LogP contribution in [0.5, 0.6) is 0 Å². The summed E-state index contributed by atoms with van der Waals surface area (Å²) < 4.78 is 1.08. The first kappa shape index (κ1) is 19.3. The number of carbonyl (C=O) groups excluding carboxylic acids is 1. The fourth-order valence-corrected chi connectivity index (χ4v) is 4.35. The Morgan fingerprint density at radius 1 is 1.21 bits per heavy atom. The first-order valence-electron chi connectivity index (χ1n) is 9.47. The van der Waals surface area contributed by atoms with Crippen LogP contribution in [0.4, 0.5) is 0 Å². The van der Waals surface area contributed by atoms with Crippen LogP contribution < -0.4 is 10.6 Å². The van der Waals surface area contributed by atoms with E-state index in [9.17, 15) is 9.59 Å². The number of rotatable bonds is 6. The monoisotopic (exact) mass is 407 g/mol. The second-order valence-electron chi connectivity index (χ2n) is 6.93. The van der Waals surface area contributed by atoms with Gasteiger partial charge in [-0.3, -0.25) is 4.79 Å². The Balaban J connectivity index is 1.41. The van der Waals surface area contributed by atoms with Crippen LogP contribution in [0.3, 0.4) is 0 Å². The number of aromatic carboxylic acids is 1. The molecular formula is C22H21N3O3S. The molecular weight excluding hydrogens is 386 g/mol. The topological polar surface area (TPSA) is 91.3 Å². The maximum Gasteiger partial charge on any atom is 0.335 e. The highest BCUT2D eigenvalue weighted by atomic mass is 32.1. The van der Waals surface area contributed by atoms with Gasteiger partial charge in [0, 0.05) is 13.1 Å². The summed E-state index contributed by atoms with van der Waals surface area (Å²) in [7, 11) is 0. The molecule has 3 N–H and O–H groups in total. The average Bonchev–Trinajstić information content (AvgIpc) is 3.14. The molecule has 1 aliphatic heterocycles. The fraction of sp³-hybridized carbons (Fsp3) is 0.227. The van der Waals surface area contributed by atoms with E-state index in [2.05, 4.69) is 33.8 Å². The van der Waals surface area contributed by atoms with E-state index >= 15 is 0 Å². The predicted octanol–water partition coefficient (Wildman–Crippen LogP) is 3.23. The largest absolute Gasteiger partial charge is 0.478 e. The summed E-state index contributed by atoms with van der Waals surface area (Å²) in [5, 5.41) is 16.0. The van der Waals surface area contributed by atoms with Gasteiger partial charge in [-0.15, -0.1) is 11.3 Å². The highest BCUT2D eigenvalue weighted by Gasteiger charge is 2.12. The van der Waals surface area contributed by atoms with Crippen LogP contribution in [0, 0.1) is 0 Å². The molecule has 0 aliphatic carbocycles. The molecule has 0 radical (unpaired) electrons. The van der Waals surface area contributed by atoms with Crippen LogP contribution in [0.15, 0.2) is 48.5 Å². The molecule has 0 saturated heterocycles. The van der Waals surface area contributed by atoms with E-state index < -0.39 is 5.97 Å². The number of nitrogens with zero attached hydrogens (tertiary/aromatic N) is 1. The third kappa shape index (κ3) is 4.70. The van der Waals surface area contributed by atoms with E-state index in [-0.39, 0.29) is 24.4 Å². The minimum atomic E-state index is -0.979. The van der Waals surface area contributed by atoms with Crippen molar-refractivity contribution in [2.75, 3.05) is 13.1 Å². The molecule has 2 aromatic carbocycles. The van der Waals surface area contributed by atoms with Crippen molar-refractivity contribution in [3.63, 3.8) is 0 Å². The SMILES string of the molecule is O=C(Cc1nc2ccc(C3=CCNCC3)cc2s1)NCc1cccc(C(=O)O)c1. The molecule has 7 heteroatoms. The first-order valence-corrected chi connectivity index (χ1v) is 10.3. The van der Waals surface area contributed by atoms with Gasteiger partial charge in [-0.25, -0.2) is 9.78 Å². The number of carbonyl (C=O) groups is 2. The highest BCUT2D eigenvalue weighted by Crippen LogP contribution is 2.28. The standard InChI is InChI=1S/C22H21N3O3S/c26-20(24-13-14-2-1-3-17(10-14)22(27)28)12-21-25-18-5-4-16(11-19(18)29-21)15-6-8-23-9-7-15/h1-6,10-11,23H,7-9,12-13H2,(H,24,26)(H,27,28). The number of nitrogens with one attached hydrogen (secondary N) is 2. The lowest BCUT2D eigenvalue weighted by molar-refractivity contribution is -0.120. The number of aromatic nitrogens is 1. The summed E-state index contributed by atoms with van der Waals surface area (Å²) in [6.07, 6.45) is 3.45. The van der Waals surface area contributed by atoms with E-state index in [0.717, 1.165) is 40.3 Å². The van der Waals surface area contributed by atoms with Gasteiger partial charge in [0.15, 0.2) is 0 Å². The normalized spacial score (nSPS) is 13.9. The molecule has 0 atom stereocenters. The van der Waals surface area contributed by atoms with Crippen molar-refractivity contribution in [1.29, 1.82) is 0 Å². The molecule has 0 fully saturated rings. The van der Waals surface area contributed by atoms with Crippen LogP contribution in [-0.4, -0.2) is 35.1 Å². The Morgan fingerprint density at radius 2 is 2.10 bits per heavy atom. The number of thiazole rings is 1. The molecule has 0 bridgehead atoms. The van der Waals surface area contributed by atoms with Gasteiger partial charge in [-0.1, -0.05) is 24.3 Å². The van der Waals surface area contributed by atoms with Gasteiger partial charge in [0.1, 0.15) is 5.01 Å². The van der Waals surface area contributed by atoms with Gasteiger partial charge >= 0.3 is 5.97 Å². The molecule has 6 nitrogen and oxygen atoms in total. The molecule has 1 aromatic heterocycles. The minimum Gasteiger partial charge on any atom is -0.478 e. The van der Waals surface area contributed by atoms with Gasteiger partial charge in [0.2, 0.25) is 5.91 Å². The number of carboxylic acids is 1. The number of benzene rings is 2. The Labute approximate surface area is 172 Å². The first-order chi connectivity index (χ1) is 14.1. The van der Waals surface area contributed by atoms with Crippen molar-refractivity contribution in [2.45, 2.75) is 19.4 Å². The Bertz CT molecular complexity index is 1100. The zero-order valence-electron chi connectivity index (χ0n) is 15.8. The summed E-state index contributed by atoms with van der Waals surface area (Å²) in [5.74, 6) is -1.11. The lowest BCUT2D eigenvalue weighted by Gasteiger charge is -2.13. The smallest absolute Gasteiger partial charge is 0.335 e. The Morgan fingerprint density at radius 3 is 2.90 bits per heavy atom. The van der Waals surface area contributed by atoms with Crippen LogP contribution in [-0.2, 0) is 17.8 Å². The van der Waals surface area contributed by atoms with Crippen molar-refractivity contribution < 1.29 is 14.7 Å². The minimum absolute atomic E-state index is 0.133. The van der Waals surface area contributed by atoms with Crippen LogP contribution >= 0.6 is 11.3 Å². The van der Waals surface area contributed by atoms with Gasteiger partial charge in [0.25, 0.3) is 0 Å². The predicted molar refractivity (Wildman–Crippen MR) is 114 cm³/mol. The highest BCUT2D eigenvalue weighted by molar-refractivity contribution is 7.18. The second kappa shape index (κ2) is 8.55. The van der Waals surface area contributed by atoms with Gasteiger partial charge in [0.05, 0.1) is 22.2 Å². The molecule has 148 valence electrons. The third-order valence-electron chi connectivity index (χ3n) is 4.84. The number of fused-ring (bicyclic) bond motifs is 1. The van der Waals surface area contributed by atoms with E-state index in [0.29, 0.717) is 0 Å². The number of amides is 1. The molecule has 4 rings (SSSR count). The molecule has 2 heterocycles. The van der Waals surface area contributed by atoms with Crippen LogP contribution in [0.2, 0.25) is 0 Å². The van der Waals surface area contributed by atoms with Crippen LogP contribution in [0.1, 0.15) is 32.9 Å². The molecule has 1 amide bonds. The maximum atomic E-state index is 12.3. The van der Waals surface area contributed by atoms with Gasteiger partial charge < -0.3 is 15.7 Å². The maximum absolute atomic E-state index is 12.3. The summed E-state index contributed by atoms with van der Waals surface area (Å²) in [5.41, 5.74) is 4.44. The Hall–Kier alpha value is -3.03. The molecule has 3 aromatic rings. The van der Waals surface area contributed by atoms with Gasteiger partial charge in [-0.2, -0.15) is 0 Å². The van der Waals surface area contributed by atoms with Crippen molar-refractivity contribution in [1.82, 2.24) is 15.6 Å². The third-order valence-corrected chi connectivity index (χ3v) is 5.86. The number of hydrogen-bond donors (Lipinski definition) is 3. The molecule has 1 aliphatic rings. The van der Waals surface area contributed by atoms with E-state index in [1.807, 2.05) is 6.07 Å². The van der Waals surface area contributed by atoms with Crippen molar-refractivity contribution in [3.05, 3.63) is 70.2 Å². The molecule has 0 unspecified atom stereocenters. The quantitative estimate of drug-likeness (QED) is 0.584. The molecule has 29 heavy (non-hydrogen) atoms. The Kier molecular flexibility index (Phi) is 5.69. The van der Waals surface area contributed by atoms with Crippen molar-refractivity contribution in [2.24, 2.45) is 0 Å². The van der Waals surface area contributed by atoms with Crippen LogP contribution in [0.25, 0.3) is 15.8 Å². The van der Waals surface area contributed by atoms with Gasteiger partial charge in [-0.05, 0) is 53.9 Å². The van der Waals surface area contributed by atoms with Crippen molar-refractivity contribution >= 4 is 39.0 Å². The van der Waals surface area contributed by atoms with E-state index in [4.69, 9.17) is 5.11 Å². The molecule has 0 spiro atoms. The molecule has 0 saturated carbocycles. The zero-order valence-corrected chi connectivity index (χ0v) is 16.6. The van der Waals surface area contributed by atoms with Crippen molar-refractivity contribution in [3.8, 4) is 0 Å². The number of hydrogen-bond acceptors (Lipinski definition) is 5. The summed E-state index contributed by atoms with van der Waals surface area (Å²) in [6, 6.07) is 12.8. The van der Waals surface area contributed by atoms with E-state index in [1.54, 1.807) is 18.2 Å². The average molecular weight is 407 g/mol. The van der Waals surface area contributed by atoms with E-state index in [1.165, 1.54) is 28.5 Å².